The van der Waals surface area contributed by atoms with Gasteiger partial charge in [-0.1, -0.05) is 31.5 Å². The molecule has 2 rings (SSSR count). The second-order valence-corrected chi connectivity index (χ2v) is 6.74. The lowest BCUT2D eigenvalue weighted by Gasteiger charge is -2.25. The Balaban J connectivity index is 2.08. The molecule has 1 heterocycles. The molecule has 19 heavy (non-hydrogen) atoms. The highest BCUT2D eigenvalue weighted by Crippen LogP contribution is 2.28. The zero-order valence-electron chi connectivity index (χ0n) is 12.9. The largest absolute Gasteiger partial charge is 0.371 e. The average Bonchev–Trinajstić information content (AvgIpc) is 2.84. The van der Waals surface area contributed by atoms with Crippen LogP contribution in [-0.4, -0.2) is 18.6 Å². The van der Waals surface area contributed by atoms with Gasteiger partial charge in [-0.15, -0.1) is 0 Å². The molecule has 1 aromatic rings. The predicted octanol–water partition coefficient (Wildman–Crippen LogP) is 3.81. The third-order valence-electron chi connectivity index (χ3n) is 4.00. The summed E-state index contributed by atoms with van der Waals surface area (Å²) in [6.07, 6.45) is 2.65. The van der Waals surface area contributed by atoms with E-state index in [2.05, 4.69) is 62.2 Å². The molecule has 1 aliphatic heterocycles. The minimum Gasteiger partial charge on any atom is -0.371 e. The van der Waals surface area contributed by atoms with Crippen LogP contribution in [0.3, 0.4) is 0 Å². The SMILES string of the molecule is CCC1CCN(c2ccccc2CNC(C)(C)C)C1. The van der Waals surface area contributed by atoms with Crippen molar-refractivity contribution < 1.29 is 0 Å². The lowest BCUT2D eigenvalue weighted by molar-refractivity contribution is 0.424. The lowest BCUT2D eigenvalue weighted by atomic mass is 10.1. The van der Waals surface area contributed by atoms with Gasteiger partial charge in [-0.3, -0.25) is 0 Å². The zero-order chi connectivity index (χ0) is 13.9. The summed E-state index contributed by atoms with van der Waals surface area (Å²) in [5, 5.41) is 3.60. The van der Waals surface area contributed by atoms with E-state index in [9.17, 15) is 0 Å². The molecular formula is C17H28N2. The van der Waals surface area contributed by atoms with E-state index in [0.717, 1.165) is 12.5 Å². The molecule has 1 aliphatic rings. The van der Waals surface area contributed by atoms with Crippen molar-refractivity contribution >= 4 is 5.69 Å². The van der Waals surface area contributed by atoms with Crippen LogP contribution in [0.4, 0.5) is 5.69 Å². The summed E-state index contributed by atoms with van der Waals surface area (Å²) in [5.41, 5.74) is 3.02. The molecule has 0 radical (unpaired) electrons. The van der Waals surface area contributed by atoms with E-state index in [1.54, 1.807) is 0 Å². The number of nitrogens with zero attached hydrogens (tertiary/aromatic N) is 1. The van der Waals surface area contributed by atoms with Gasteiger partial charge in [-0.25, -0.2) is 0 Å². The molecule has 106 valence electrons. The minimum absolute atomic E-state index is 0.171. The molecule has 0 aliphatic carbocycles. The smallest absolute Gasteiger partial charge is 0.0411 e. The Labute approximate surface area is 118 Å². The van der Waals surface area contributed by atoms with Crippen LogP contribution in [0, 0.1) is 5.92 Å². The summed E-state index contributed by atoms with van der Waals surface area (Å²) in [6.45, 7) is 12.4. The summed E-state index contributed by atoms with van der Waals surface area (Å²) in [6, 6.07) is 8.84. The molecule has 1 fully saturated rings. The van der Waals surface area contributed by atoms with Gasteiger partial charge in [0.25, 0.3) is 0 Å². The number of benzene rings is 1. The Morgan fingerprint density at radius 2 is 2.00 bits per heavy atom. The maximum absolute atomic E-state index is 3.60. The molecule has 2 heteroatoms. The fraction of sp³-hybridized carbons (Fsp3) is 0.647. The predicted molar refractivity (Wildman–Crippen MR) is 83.6 cm³/mol. The Kier molecular flexibility index (Phi) is 4.51. The third kappa shape index (κ3) is 3.97. The van der Waals surface area contributed by atoms with E-state index in [0.29, 0.717) is 0 Å². The summed E-state index contributed by atoms with van der Waals surface area (Å²) in [5.74, 6) is 0.878. The molecule has 0 aromatic heterocycles. The van der Waals surface area contributed by atoms with Crippen molar-refractivity contribution in [3.05, 3.63) is 29.8 Å². The van der Waals surface area contributed by atoms with Gasteiger partial charge >= 0.3 is 0 Å². The maximum Gasteiger partial charge on any atom is 0.0411 e. The number of rotatable bonds is 4. The van der Waals surface area contributed by atoms with Gasteiger partial charge in [0.1, 0.15) is 0 Å². The first-order valence-electron chi connectivity index (χ1n) is 7.57. The Hall–Kier alpha value is -1.02. The number of hydrogen-bond acceptors (Lipinski definition) is 2. The van der Waals surface area contributed by atoms with Crippen LogP contribution in [0.1, 0.15) is 46.1 Å². The number of nitrogens with one attached hydrogen (secondary N) is 1. The molecule has 1 unspecified atom stereocenters. The molecule has 0 spiro atoms. The quantitative estimate of drug-likeness (QED) is 0.885. The third-order valence-corrected chi connectivity index (χ3v) is 4.00. The van der Waals surface area contributed by atoms with Crippen molar-refractivity contribution in [1.82, 2.24) is 5.32 Å². The molecule has 1 N–H and O–H groups in total. The molecule has 1 atom stereocenters. The topological polar surface area (TPSA) is 15.3 Å². The van der Waals surface area contributed by atoms with Crippen molar-refractivity contribution in [2.24, 2.45) is 5.92 Å². The van der Waals surface area contributed by atoms with Crippen LogP contribution in [0.25, 0.3) is 0 Å². The molecule has 0 saturated carbocycles. The first-order chi connectivity index (χ1) is 8.99. The summed E-state index contributed by atoms with van der Waals surface area (Å²) in [7, 11) is 0. The van der Waals surface area contributed by atoms with Gasteiger partial charge in [0.15, 0.2) is 0 Å². The lowest BCUT2D eigenvalue weighted by Crippen LogP contribution is -2.35. The Morgan fingerprint density at radius 1 is 1.26 bits per heavy atom. The van der Waals surface area contributed by atoms with E-state index < -0.39 is 0 Å². The first kappa shape index (κ1) is 14.4. The highest BCUT2D eigenvalue weighted by atomic mass is 15.2. The molecule has 1 aromatic carbocycles. The summed E-state index contributed by atoms with van der Waals surface area (Å²) >= 11 is 0. The highest BCUT2D eigenvalue weighted by Gasteiger charge is 2.22. The fourth-order valence-electron chi connectivity index (χ4n) is 2.71. The maximum atomic E-state index is 3.60. The summed E-state index contributed by atoms with van der Waals surface area (Å²) < 4.78 is 0. The van der Waals surface area contributed by atoms with Crippen molar-refractivity contribution in [3.63, 3.8) is 0 Å². The Bertz CT molecular complexity index is 406. The Morgan fingerprint density at radius 3 is 2.63 bits per heavy atom. The van der Waals surface area contributed by atoms with Crippen LogP contribution >= 0.6 is 0 Å². The zero-order valence-corrected chi connectivity index (χ0v) is 12.9. The van der Waals surface area contributed by atoms with E-state index in [-0.39, 0.29) is 5.54 Å². The molecule has 2 nitrogen and oxygen atoms in total. The summed E-state index contributed by atoms with van der Waals surface area (Å²) in [4.78, 5) is 2.56. The van der Waals surface area contributed by atoms with Crippen molar-refractivity contribution in [2.75, 3.05) is 18.0 Å². The monoisotopic (exact) mass is 260 g/mol. The van der Waals surface area contributed by atoms with Crippen molar-refractivity contribution in [3.8, 4) is 0 Å². The van der Waals surface area contributed by atoms with Crippen LogP contribution < -0.4 is 10.2 Å². The molecule has 0 bridgehead atoms. The van der Waals surface area contributed by atoms with Crippen LogP contribution in [0.2, 0.25) is 0 Å². The van der Waals surface area contributed by atoms with Gasteiger partial charge in [0, 0.05) is 30.9 Å². The van der Waals surface area contributed by atoms with Gasteiger partial charge in [-0.05, 0) is 44.7 Å². The van der Waals surface area contributed by atoms with Crippen molar-refractivity contribution in [2.45, 2.75) is 52.6 Å². The van der Waals surface area contributed by atoms with E-state index in [1.165, 1.54) is 37.2 Å². The van der Waals surface area contributed by atoms with Gasteiger partial charge in [0.2, 0.25) is 0 Å². The fourth-order valence-corrected chi connectivity index (χ4v) is 2.71. The molecule has 0 amide bonds. The van der Waals surface area contributed by atoms with Gasteiger partial charge in [0.05, 0.1) is 0 Å². The number of anilines is 1. The highest BCUT2D eigenvalue weighted by molar-refractivity contribution is 5.54. The van der Waals surface area contributed by atoms with Crippen LogP contribution in [0.5, 0.6) is 0 Å². The van der Waals surface area contributed by atoms with E-state index >= 15 is 0 Å². The first-order valence-corrected chi connectivity index (χ1v) is 7.57. The standard InChI is InChI=1S/C17H28N2/c1-5-14-10-11-19(13-14)16-9-7-6-8-15(16)12-18-17(2,3)4/h6-9,14,18H,5,10-13H2,1-4H3. The van der Waals surface area contributed by atoms with E-state index in [1.807, 2.05) is 0 Å². The second kappa shape index (κ2) is 5.96. The minimum atomic E-state index is 0.171. The average molecular weight is 260 g/mol. The normalized spacial score (nSPS) is 20.0. The second-order valence-electron chi connectivity index (χ2n) is 6.74. The number of hydrogen-bond donors (Lipinski definition) is 1. The van der Waals surface area contributed by atoms with E-state index in [4.69, 9.17) is 0 Å². The van der Waals surface area contributed by atoms with Crippen LogP contribution in [0.15, 0.2) is 24.3 Å². The molecule has 1 saturated heterocycles. The molecular weight excluding hydrogens is 232 g/mol. The number of para-hydroxylation sites is 1. The van der Waals surface area contributed by atoms with Gasteiger partial charge < -0.3 is 10.2 Å². The van der Waals surface area contributed by atoms with Gasteiger partial charge in [-0.2, -0.15) is 0 Å². The van der Waals surface area contributed by atoms with Crippen LogP contribution in [-0.2, 0) is 6.54 Å². The van der Waals surface area contributed by atoms with Crippen molar-refractivity contribution in [1.29, 1.82) is 0 Å².